The fourth-order valence-corrected chi connectivity index (χ4v) is 2.42. The molecule has 0 saturated carbocycles. The lowest BCUT2D eigenvalue weighted by molar-refractivity contribution is -0.172. The summed E-state index contributed by atoms with van der Waals surface area (Å²) in [4.78, 5) is 20.2. The third-order valence-electron chi connectivity index (χ3n) is 4.45. The van der Waals surface area contributed by atoms with Crippen molar-refractivity contribution in [1.82, 2.24) is 0 Å². The van der Waals surface area contributed by atoms with Gasteiger partial charge in [0.05, 0.1) is 13.2 Å². The molecular formula is C24H38N4O10. The van der Waals surface area contributed by atoms with E-state index in [1.807, 2.05) is 36.4 Å². The molecule has 0 saturated heterocycles. The van der Waals surface area contributed by atoms with E-state index in [2.05, 4.69) is 0 Å². The van der Waals surface area contributed by atoms with Gasteiger partial charge in [-0.25, -0.2) is 9.59 Å². The first-order valence-corrected chi connectivity index (χ1v) is 11.5. The zero-order valence-corrected chi connectivity index (χ0v) is 20.8. The van der Waals surface area contributed by atoms with Gasteiger partial charge in [0.25, 0.3) is 0 Å². The highest BCUT2D eigenvalue weighted by molar-refractivity contribution is 5.75. The summed E-state index contributed by atoms with van der Waals surface area (Å²) in [6.45, 7) is 2.62. The quantitative estimate of drug-likeness (QED) is 0.103. The first-order chi connectivity index (χ1) is 17.9. The van der Waals surface area contributed by atoms with Crippen LogP contribution in [0, 0.1) is 0 Å². The number of benzene rings is 2. The number of rotatable bonds is 13. The molecule has 14 heteroatoms. The lowest BCUT2D eigenvalue weighted by atomic mass is 10.0. The molecule has 214 valence electrons. The van der Waals surface area contributed by atoms with Crippen molar-refractivity contribution >= 4 is 23.3 Å². The van der Waals surface area contributed by atoms with Gasteiger partial charge in [-0.2, -0.15) is 0 Å². The van der Waals surface area contributed by atoms with Crippen LogP contribution >= 0.6 is 0 Å². The number of aliphatic hydroxyl groups is 4. The molecule has 38 heavy (non-hydrogen) atoms. The van der Waals surface area contributed by atoms with Gasteiger partial charge in [-0.1, -0.05) is 12.1 Å². The van der Waals surface area contributed by atoms with Crippen LogP contribution in [0.4, 0.5) is 11.4 Å². The molecule has 2 rings (SSSR count). The SMILES string of the molecule is NCCCOc1cccc(N)c1.NCCCOc1cccc(N)c1.O=C(O)[C@@H](O)[C@H](O)[C@H](O)[C@@H](O)C(=O)O. The molecule has 0 aliphatic rings. The Kier molecular flexibility index (Phi) is 17.6. The summed E-state index contributed by atoms with van der Waals surface area (Å²) in [5, 5.41) is 51.5. The number of carbonyl (C=O) groups is 2. The van der Waals surface area contributed by atoms with E-state index in [0.29, 0.717) is 26.3 Å². The molecule has 2 aromatic carbocycles. The summed E-state index contributed by atoms with van der Waals surface area (Å²) >= 11 is 0. The minimum Gasteiger partial charge on any atom is -0.493 e. The highest BCUT2D eigenvalue weighted by Crippen LogP contribution is 2.15. The number of nitrogens with two attached hydrogens (primary N) is 4. The summed E-state index contributed by atoms with van der Waals surface area (Å²) in [5.41, 5.74) is 23.2. The van der Waals surface area contributed by atoms with E-state index in [-0.39, 0.29) is 0 Å². The first kappa shape index (κ1) is 34.3. The summed E-state index contributed by atoms with van der Waals surface area (Å²) in [6.07, 6.45) is -7.54. The number of hydrogen-bond acceptors (Lipinski definition) is 12. The van der Waals surface area contributed by atoms with E-state index < -0.39 is 36.4 Å². The molecule has 4 atom stereocenters. The maximum absolute atomic E-state index is 10.1. The second-order valence-corrected chi connectivity index (χ2v) is 7.67. The van der Waals surface area contributed by atoms with E-state index >= 15 is 0 Å². The van der Waals surface area contributed by atoms with Crippen molar-refractivity contribution in [1.29, 1.82) is 0 Å². The third kappa shape index (κ3) is 14.8. The predicted molar refractivity (Wildman–Crippen MR) is 139 cm³/mol. The molecule has 14 nitrogen and oxygen atoms in total. The van der Waals surface area contributed by atoms with Crippen molar-refractivity contribution in [3.8, 4) is 11.5 Å². The van der Waals surface area contributed by atoms with Crippen molar-refractivity contribution in [2.45, 2.75) is 37.3 Å². The number of carboxylic acids is 2. The van der Waals surface area contributed by atoms with Gasteiger partial charge in [-0.3, -0.25) is 0 Å². The van der Waals surface area contributed by atoms with Gasteiger partial charge in [-0.15, -0.1) is 0 Å². The molecule has 2 aromatic rings. The molecule has 0 aliphatic carbocycles. The number of aliphatic carboxylic acids is 2. The van der Waals surface area contributed by atoms with Crippen LogP contribution in [-0.2, 0) is 9.59 Å². The van der Waals surface area contributed by atoms with Crippen molar-refractivity contribution in [2.75, 3.05) is 37.8 Å². The standard InChI is InChI=1S/2C9H14N2O.C6H10O8/c2*10-5-2-6-12-9-4-1-3-8(11)7-9;7-1(3(9)5(11)12)2(8)4(10)6(13)14/h2*1,3-4,7H,2,5-6,10-11H2;1-4,7-10H,(H,11,12)(H,13,14)/t;;1-,2+,3+,4-. The molecule has 0 unspecified atom stereocenters. The Balaban J connectivity index is 0.000000542. The van der Waals surface area contributed by atoms with Crippen LogP contribution in [-0.4, -0.2) is 93.3 Å². The van der Waals surface area contributed by atoms with Crippen molar-refractivity contribution in [3.05, 3.63) is 48.5 Å². The number of hydrogen-bond donors (Lipinski definition) is 10. The van der Waals surface area contributed by atoms with E-state index in [4.69, 9.17) is 63.0 Å². The van der Waals surface area contributed by atoms with E-state index in [1.54, 1.807) is 12.1 Å². The normalized spacial score (nSPS) is 13.3. The Morgan fingerprint density at radius 3 is 1.29 bits per heavy atom. The average Bonchev–Trinajstić information content (AvgIpc) is 2.88. The van der Waals surface area contributed by atoms with Gasteiger partial charge < -0.3 is 63.0 Å². The van der Waals surface area contributed by atoms with Crippen LogP contribution in [0.1, 0.15) is 12.8 Å². The molecule has 0 heterocycles. The number of ether oxygens (including phenoxy) is 2. The summed E-state index contributed by atoms with van der Waals surface area (Å²) in [5.74, 6) is -2.06. The molecular weight excluding hydrogens is 504 g/mol. The minimum absolute atomic E-state index is 0.653. The summed E-state index contributed by atoms with van der Waals surface area (Å²) in [7, 11) is 0. The third-order valence-corrected chi connectivity index (χ3v) is 4.45. The highest BCUT2D eigenvalue weighted by atomic mass is 16.5. The fraction of sp³-hybridized carbons (Fsp3) is 0.417. The van der Waals surface area contributed by atoms with Crippen molar-refractivity contribution < 1.29 is 49.7 Å². The molecule has 0 aliphatic heterocycles. The highest BCUT2D eigenvalue weighted by Gasteiger charge is 2.37. The van der Waals surface area contributed by atoms with E-state index in [9.17, 15) is 9.59 Å². The van der Waals surface area contributed by atoms with Crippen molar-refractivity contribution in [2.24, 2.45) is 11.5 Å². The second kappa shape index (κ2) is 19.5. The van der Waals surface area contributed by atoms with Gasteiger partial charge in [0.15, 0.2) is 12.2 Å². The monoisotopic (exact) mass is 542 g/mol. The Bertz CT molecular complexity index is 874. The van der Waals surface area contributed by atoms with Crippen LogP contribution < -0.4 is 32.4 Å². The minimum atomic E-state index is -2.36. The molecule has 0 aromatic heterocycles. The number of nitrogen functional groups attached to an aromatic ring is 2. The van der Waals surface area contributed by atoms with Crippen LogP contribution in [0.25, 0.3) is 0 Å². The van der Waals surface area contributed by atoms with Gasteiger partial charge in [0, 0.05) is 23.5 Å². The largest absolute Gasteiger partial charge is 0.493 e. The zero-order valence-electron chi connectivity index (χ0n) is 20.8. The summed E-state index contributed by atoms with van der Waals surface area (Å²) in [6, 6.07) is 14.8. The van der Waals surface area contributed by atoms with Crippen LogP contribution in [0.15, 0.2) is 48.5 Å². The Hall–Kier alpha value is -3.66. The van der Waals surface area contributed by atoms with Gasteiger partial charge in [-0.05, 0) is 50.2 Å². The number of anilines is 2. The molecule has 0 spiro atoms. The van der Waals surface area contributed by atoms with E-state index in [1.165, 1.54) is 0 Å². The second-order valence-electron chi connectivity index (χ2n) is 7.67. The number of carboxylic acid groups (broad SMARTS) is 2. The predicted octanol–water partition coefficient (Wildman–Crippen LogP) is -1.41. The number of aliphatic hydroxyl groups excluding tert-OH is 4. The maximum atomic E-state index is 10.1. The average molecular weight is 543 g/mol. The molecule has 0 bridgehead atoms. The summed E-state index contributed by atoms with van der Waals surface area (Å²) < 4.78 is 10.7. The Labute approximate surface area is 220 Å². The van der Waals surface area contributed by atoms with Crippen molar-refractivity contribution in [3.63, 3.8) is 0 Å². The molecule has 14 N–H and O–H groups in total. The van der Waals surface area contributed by atoms with Gasteiger partial charge >= 0.3 is 11.9 Å². The van der Waals surface area contributed by atoms with Gasteiger partial charge in [0.2, 0.25) is 0 Å². The Morgan fingerprint density at radius 1 is 0.684 bits per heavy atom. The smallest absolute Gasteiger partial charge is 0.335 e. The molecule has 0 fully saturated rings. The Morgan fingerprint density at radius 2 is 1.03 bits per heavy atom. The lowest BCUT2D eigenvalue weighted by Gasteiger charge is -2.21. The van der Waals surface area contributed by atoms with Gasteiger partial charge in [0.1, 0.15) is 23.7 Å². The topological polar surface area (TPSA) is 278 Å². The fourth-order valence-electron chi connectivity index (χ4n) is 2.42. The van der Waals surface area contributed by atoms with Crippen LogP contribution in [0.2, 0.25) is 0 Å². The van der Waals surface area contributed by atoms with E-state index in [0.717, 1.165) is 35.7 Å². The first-order valence-electron chi connectivity index (χ1n) is 11.5. The molecule has 0 amide bonds. The maximum Gasteiger partial charge on any atom is 0.335 e. The molecule has 0 radical (unpaired) electrons. The zero-order chi connectivity index (χ0) is 29.1. The van der Waals surface area contributed by atoms with Crippen LogP contribution in [0.5, 0.6) is 11.5 Å². The van der Waals surface area contributed by atoms with Crippen LogP contribution in [0.3, 0.4) is 0 Å². The lowest BCUT2D eigenvalue weighted by Crippen LogP contribution is -2.49.